The first kappa shape index (κ1) is 24.1. The van der Waals surface area contributed by atoms with Crippen molar-refractivity contribution in [1.29, 1.82) is 0 Å². The Morgan fingerprint density at radius 1 is 1.06 bits per heavy atom. The van der Waals surface area contributed by atoms with Gasteiger partial charge in [-0.05, 0) is 74.7 Å². The van der Waals surface area contributed by atoms with E-state index in [0.717, 1.165) is 11.6 Å². The number of nitrogens with one attached hydrogen (secondary N) is 1. The first-order chi connectivity index (χ1) is 17.0. The van der Waals surface area contributed by atoms with Gasteiger partial charge in [-0.3, -0.25) is 15.0 Å². The minimum atomic E-state index is -4.67. The van der Waals surface area contributed by atoms with Crippen LogP contribution >= 0.6 is 0 Å². The van der Waals surface area contributed by atoms with Crippen LogP contribution in [0.3, 0.4) is 0 Å². The molecule has 0 amide bonds. The molecule has 3 aromatic heterocycles. The maximum absolute atomic E-state index is 14.5. The average molecular weight is 497 g/mol. The maximum atomic E-state index is 14.5. The first-order valence-corrected chi connectivity index (χ1v) is 11.3. The molecule has 6 nitrogen and oxygen atoms in total. The van der Waals surface area contributed by atoms with Gasteiger partial charge in [0.1, 0.15) is 34.2 Å². The number of pyridine rings is 3. The molecule has 2 unspecified atom stereocenters. The van der Waals surface area contributed by atoms with Crippen LogP contribution in [0, 0.1) is 11.7 Å². The monoisotopic (exact) mass is 497 g/mol. The third-order valence-corrected chi connectivity index (χ3v) is 6.37. The smallest absolute Gasteiger partial charge is 0.384 e. The normalized spacial score (nSPS) is 21.4. The number of fused-ring (bicyclic) bond motifs is 1. The lowest BCUT2D eigenvalue weighted by Crippen LogP contribution is -2.28. The Morgan fingerprint density at radius 2 is 1.83 bits per heavy atom. The number of nitrogens with zero attached hydrogens (tertiary/aromatic N) is 4. The van der Waals surface area contributed by atoms with Gasteiger partial charge in [0.25, 0.3) is 0 Å². The number of aliphatic hydroxyl groups is 1. The molecule has 1 fully saturated rings. The summed E-state index contributed by atoms with van der Waals surface area (Å²) < 4.78 is 55.7. The molecule has 4 heterocycles. The lowest BCUT2D eigenvalue weighted by Gasteiger charge is -2.22. The van der Waals surface area contributed by atoms with E-state index in [1.165, 1.54) is 18.3 Å². The van der Waals surface area contributed by atoms with E-state index in [4.69, 9.17) is 0 Å². The Kier molecular flexibility index (Phi) is 5.66. The van der Waals surface area contributed by atoms with Crippen LogP contribution in [0.4, 0.5) is 29.1 Å². The molecule has 186 valence electrons. The van der Waals surface area contributed by atoms with Crippen molar-refractivity contribution in [2.45, 2.75) is 44.0 Å². The molecule has 0 aromatic carbocycles. The molecular formula is C26H23F4N5O. The van der Waals surface area contributed by atoms with Crippen molar-refractivity contribution in [1.82, 2.24) is 15.0 Å². The Hall–Kier alpha value is -3.66. The summed E-state index contributed by atoms with van der Waals surface area (Å²) in [6, 6.07) is 9.49. The molecule has 1 aliphatic carbocycles. The lowest BCUT2D eigenvalue weighted by molar-refractivity contribution is -0.0584. The van der Waals surface area contributed by atoms with Crippen LogP contribution in [0.15, 0.2) is 71.6 Å². The third kappa shape index (κ3) is 4.60. The minimum absolute atomic E-state index is 0.0558. The number of aromatic nitrogens is 3. The van der Waals surface area contributed by atoms with Gasteiger partial charge in [-0.1, -0.05) is 5.57 Å². The number of anilines is 2. The largest absolute Gasteiger partial charge is 0.432 e. The molecule has 36 heavy (non-hydrogen) atoms. The molecule has 1 saturated carbocycles. The number of hydrogen-bond acceptors (Lipinski definition) is 6. The lowest BCUT2D eigenvalue weighted by atomic mass is 9.93. The molecular weight excluding hydrogens is 474 g/mol. The van der Waals surface area contributed by atoms with Gasteiger partial charge in [-0.25, -0.2) is 9.37 Å². The Labute approximate surface area is 204 Å². The molecule has 2 atom stereocenters. The maximum Gasteiger partial charge on any atom is 0.432 e. The second-order valence-electron chi connectivity index (χ2n) is 9.57. The van der Waals surface area contributed by atoms with Gasteiger partial charge in [-0.2, -0.15) is 13.2 Å². The van der Waals surface area contributed by atoms with E-state index in [1.807, 2.05) is 0 Å². The molecule has 10 heteroatoms. The molecule has 1 aliphatic heterocycles. The molecule has 2 aliphatic rings. The number of hydrogen-bond donors (Lipinski definition) is 2. The van der Waals surface area contributed by atoms with E-state index in [1.54, 1.807) is 50.5 Å². The number of dihydropyridines is 1. The summed E-state index contributed by atoms with van der Waals surface area (Å²) in [5.74, 6) is -0.545. The second-order valence-corrected chi connectivity index (χ2v) is 9.57. The van der Waals surface area contributed by atoms with Crippen molar-refractivity contribution in [3.05, 3.63) is 89.4 Å². The number of alkyl halides is 3. The van der Waals surface area contributed by atoms with Crippen molar-refractivity contribution in [2.75, 3.05) is 5.32 Å². The van der Waals surface area contributed by atoms with E-state index in [9.17, 15) is 22.7 Å². The summed E-state index contributed by atoms with van der Waals surface area (Å²) in [5, 5.41) is 13.3. The predicted molar refractivity (Wildman–Crippen MR) is 126 cm³/mol. The third-order valence-electron chi connectivity index (χ3n) is 6.37. The fraction of sp³-hybridized carbons (Fsp3) is 0.308. The number of halogens is 4. The SMILES string of the molecule is CC(C)(O)c1cc(Nc2cc(CC3=CC(C(F)(F)F)=NC4(c5ncccc5F)CC34)ccn2)ccn1. The van der Waals surface area contributed by atoms with Gasteiger partial charge in [0, 0.05) is 30.2 Å². The zero-order chi connectivity index (χ0) is 25.7. The summed E-state index contributed by atoms with van der Waals surface area (Å²) in [4.78, 5) is 16.5. The highest BCUT2D eigenvalue weighted by Gasteiger charge is 2.62. The van der Waals surface area contributed by atoms with Crippen molar-refractivity contribution >= 4 is 17.2 Å². The minimum Gasteiger partial charge on any atom is -0.384 e. The van der Waals surface area contributed by atoms with Crippen molar-refractivity contribution in [3.8, 4) is 0 Å². The van der Waals surface area contributed by atoms with Crippen LogP contribution in [0.2, 0.25) is 0 Å². The average Bonchev–Trinajstić information content (AvgIpc) is 3.55. The molecule has 0 saturated heterocycles. The van der Waals surface area contributed by atoms with Crippen LogP contribution < -0.4 is 5.32 Å². The van der Waals surface area contributed by atoms with E-state index in [-0.39, 0.29) is 24.5 Å². The van der Waals surface area contributed by atoms with Crippen LogP contribution in [-0.4, -0.2) is 31.9 Å². The van der Waals surface area contributed by atoms with E-state index >= 15 is 0 Å². The van der Waals surface area contributed by atoms with Gasteiger partial charge in [0.05, 0.1) is 5.69 Å². The molecule has 5 rings (SSSR count). The van der Waals surface area contributed by atoms with Crippen molar-refractivity contribution in [3.63, 3.8) is 0 Å². The highest BCUT2D eigenvalue weighted by atomic mass is 19.4. The van der Waals surface area contributed by atoms with E-state index < -0.39 is 28.8 Å². The second kappa shape index (κ2) is 8.48. The molecule has 3 aromatic rings. The first-order valence-electron chi connectivity index (χ1n) is 11.3. The summed E-state index contributed by atoms with van der Waals surface area (Å²) >= 11 is 0. The molecule has 0 bridgehead atoms. The van der Waals surface area contributed by atoms with Gasteiger partial charge in [-0.15, -0.1) is 0 Å². The highest BCUT2D eigenvalue weighted by molar-refractivity contribution is 6.01. The summed E-state index contributed by atoms with van der Waals surface area (Å²) in [7, 11) is 0. The molecule has 2 N–H and O–H groups in total. The number of allylic oxidation sites excluding steroid dienone is 1. The fourth-order valence-corrected chi connectivity index (χ4v) is 4.55. The number of aliphatic imine (C=N–C) groups is 1. The van der Waals surface area contributed by atoms with Crippen LogP contribution in [0.25, 0.3) is 0 Å². The molecule has 0 spiro atoms. The van der Waals surface area contributed by atoms with Gasteiger partial charge in [0.15, 0.2) is 0 Å². The summed E-state index contributed by atoms with van der Waals surface area (Å²) in [5.41, 5.74) is -1.15. The Bertz CT molecular complexity index is 1380. The fourth-order valence-electron chi connectivity index (χ4n) is 4.55. The van der Waals surface area contributed by atoms with Crippen molar-refractivity contribution < 1.29 is 22.7 Å². The van der Waals surface area contributed by atoms with Gasteiger partial charge >= 0.3 is 6.18 Å². The van der Waals surface area contributed by atoms with E-state index in [0.29, 0.717) is 22.8 Å². The van der Waals surface area contributed by atoms with Crippen LogP contribution in [0.1, 0.15) is 37.2 Å². The Balaban J connectivity index is 1.42. The van der Waals surface area contributed by atoms with E-state index in [2.05, 4.69) is 25.3 Å². The highest BCUT2D eigenvalue weighted by Crippen LogP contribution is 2.61. The quantitative estimate of drug-likeness (QED) is 0.447. The molecule has 0 radical (unpaired) electrons. The van der Waals surface area contributed by atoms with Crippen LogP contribution in [0.5, 0.6) is 0 Å². The zero-order valence-electron chi connectivity index (χ0n) is 19.5. The standard InChI is InChI=1S/C26H23F4N5O/c1-24(2,36)20-13-17(6-9-31-20)34-22-11-15(5-8-32-22)10-16-12-21(26(28,29)30)35-25(14-18(16)25)23-19(27)4-3-7-33-23/h3-9,11-13,18,36H,10,14H2,1-2H3,(H,31,32,34). The number of rotatable bonds is 6. The van der Waals surface area contributed by atoms with Gasteiger partial charge in [0.2, 0.25) is 0 Å². The topological polar surface area (TPSA) is 83.3 Å². The summed E-state index contributed by atoms with van der Waals surface area (Å²) in [6.45, 7) is 3.26. The van der Waals surface area contributed by atoms with Gasteiger partial charge < -0.3 is 10.4 Å². The van der Waals surface area contributed by atoms with Crippen molar-refractivity contribution in [2.24, 2.45) is 10.9 Å². The summed E-state index contributed by atoms with van der Waals surface area (Å²) in [6.07, 6.45) is 1.39. The van der Waals surface area contributed by atoms with Crippen LogP contribution in [-0.2, 0) is 17.6 Å². The Morgan fingerprint density at radius 3 is 2.56 bits per heavy atom. The zero-order valence-corrected chi connectivity index (χ0v) is 19.5. The predicted octanol–water partition coefficient (Wildman–Crippen LogP) is 5.38.